The summed E-state index contributed by atoms with van der Waals surface area (Å²) in [7, 11) is 0. The number of carboxylic acid groups (broad SMARTS) is 2. The van der Waals surface area contributed by atoms with E-state index in [9.17, 15) is 19.5 Å². The van der Waals surface area contributed by atoms with Crippen molar-refractivity contribution in [3.05, 3.63) is 0 Å². The van der Waals surface area contributed by atoms with Gasteiger partial charge in [-0.1, -0.05) is 34.6 Å². The highest BCUT2D eigenvalue weighted by molar-refractivity contribution is 5.85. The molecule has 2 atom stereocenters. The number of carbonyl (C=O) groups is 3. The molecular formula is C20H40N4O5. The van der Waals surface area contributed by atoms with Gasteiger partial charge in [-0.2, -0.15) is 5.53 Å². The second-order valence-electron chi connectivity index (χ2n) is 9.70. The first kappa shape index (κ1) is 27.5. The number of hydrogen-bond donors (Lipinski definition) is 6. The molecule has 0 aliphatic carbocycles. The molecular weight excluding hydrogens is 376 g/mol. The van der Waals surface area contributed by atoms with Gasteiger partial charge in [0.1, 0.15) is 11.8 Å². The Labute approximate surface area is 174 Å². The monoisotopic (exact) mass is 416 g/mol. The summed E-state index contributed by atoms with van der Waals surface area (Å²) in [5.41, 5.74) is 3.05. The normalized spacial score (nSPS) is 15.0. The zero-order chi connectivity index (χ0) is 23.0. The van der Waals surface area contributed by atoms with Crippen LogP contribution in [0.3, 0.4) is 0 Å². The van der Waals surface area contributed by atoms with Gasteiger partial charge >= 0.3 is 11.9 Å². The summed E-state index contributed by atoms with van der Waals surface area (Å²) in [4.78, 5) is 35.7. The van der Waals surface area contributed by atoms with Gasteiger partial charge in [0.05, 0.1) is 5.92 Å². The fourth-order valence-corrected chi connectivity index (χ4v) is 3.00. The van der Waals surface area contributed by atoms with E-state index < -0.39 is 34.9 Å². The van der Waals surface area contributed by atoms with E-state index in [1.54, 1.807) is 13.8 Å². The molecule has 29 heavy (non-hydrogen) atoms. The number of hydrazine groups is 2. The highest BCUT2D eigenvalue weighted by Gasteiger charge is 2.41. The summed E-state index contributed by atoms with van der Waals surface area (Å²) in [5, 5.41) is 22.0. The van der Waals surface area contributed by atoms with E-state index in [1.165, 1.54) is 0 Å². The van der Waals surface area contributed by atoms with E-state index in [0.29, 0.717) is 19.4 Å². The molecule has 0 aromatic carbocycles. The first-order valence-electron chi connectivity index (χ1n) is 10.0. The predicted molar refractivity (Wildman–Crippen MR) is 112 cm³/mol. The largest absolute Gasteiger partial charge is 0.481 e. The van der Waals surface area contributed by atoms with Crippen molar-refractivity contribution in [2.24, 2.45) is 22.6 Å². The van der Waals surface area contributed by atoms with Crippen LogP contribution in [-0.2, 0) is 14.4 Å². The van der Waals surface area contributed by atoms with Crippen molar-refractivity contribution >= 4 is 17.7 Å². The molecule has 0 bridgehead atoms. The molecule has 9 heteroatoms. The van der Waals surface area contributed by atoms with E-state index in [2.05, 4.69) is 16.3 Å². The lowest BCUT2D eigenvalue weighted by molar-refractivity contribution is -0.145. The Balaban J connectivity index is 4.86. The molecule has 0 saturated carbocycles. The van der Waals surface area contributed by atoms with E-state index >= 15 is 0 Å². The average molecular weight is 417 g/mol. The Hall–Kier alpha value is -1.55. The number of carboxylic acids is 2. The number of carbonyl (C=O) groups excluding carboxylic acids is 1. The molecule has 0 radical (unpaired) electrons. The topological polar surface area (TPSA) is 154 Å². The van der Waals surface area contributed by atoms with Crippen LogP contribution in [0.4, 0.5) is 0 Å². The van der Waals surface area contributed by atoms with Crippen LogP contribution in [-0.4, -0.2) is 46.1 Å². The molecule has 0 saturated heterocycles. The van der Waals surface area contributed by atoms with Gasteiger partial charge in [-0.3, -0.25) is 20.2 Å². The number of rotatable bonds is 14. The van der Waals surface area contributed by atoms with Crippen molar-refractivity contribution in [3.63, 3.8) is 0 Å². The number of hydrogen-bond acceptors (Lipinski definition) is 7. The van der Waals surface area contributed by atoms with Gasteiger partial charge in [-0.25, -0.2) is 5.43 Å². The molecule has 0 spiro atoms. The molecule has 9 nitrogen and oxygen atoms in total. The van der Waals surface area contributed by atoms with E-state index in [4.69, 9.17) is 10.9 Å². The van der Waals surface area contributed by atoms with Crippen LogP contribution in [0.1, 0.15) is 74.1 Å². The molecule has 0 aromatic rings. The molecule has 0 aliphatic heterocycles. The minimum Gasteiger partial charge on any atom is -0.481 e. The van der Waals surface area contributed by atoms with Crippen molar-refractivity contribution in [3.8, 4) is 0 Å². The minimum absolute atomic E-state index is 0.0525. The zero-order valence-electron chi connectivity index (χ0n) is 18.9. The summed E-state index contributed by atoms with van der Waals surface area (Å²) in [6, 6.07) is -0.836. The van der Waals surface area contributed by atoms with Crippen molar-refractivity contribution in [2.75, 3.05) is 6.54 Å². The molecule has 170 valence electrons. The Morgan fingerprint density at radius 3 is 1.90 bits per heavy atom. The number of nitrogens with two attached hydrogens (primary N) is 1. The quantitative estimate of drug-likeness (QED) is 0.141. The SMILES string of the molecule is CC(C)(NCCCC(NNN)C(=O)O)C(CCC(=O)C(C)(C)C(C)(C)C)C(=O)O. The van der Waals surface area contributed by atoms with E-state index in [0.717, 1.165) is 0 Å². The molecule has 0 heterocycles. The second-order valence-corrected chi connectivity index (χ2v) is 9.70. The Kier molecular flexibility index (Phi) is 10.4. The number of ketones is 1. The van der Waals surface area contributed by atoms with Gasteiger partial charge in [0.15, 0.2) is 0 Å². The standard InChI is InChI=1S/C20H40N4O5/c1-18(2,3)19(4,5)15(25)11-10-13(16(26)27)20(6,7)22-12-8-9-14(17(28)29)23-24-21/h13-14,22-24H,8-12,21H2,1-7H3,(H,26,27)(H,28,29). The Morgan fingerprint density at radius 1 is 0.931 bits per heavy atom. The summed E-state index contributed by atoms with van der Waals surface area (Å²) >= 11 is 0. The molecule has 7 N–H and O–H groups in total. The first-order chi connectivity index (χ1) is 13.1. The third-order valence-electron chi connectivity index (χ3n) is 6.21. The molecule has 0 fully saturated rings. The maximum absolute atomic E-state index is 12.7. The van der Waals surface area contributed by atoms with Crippen LogP contribution >= 0.6 is 0 Å². The minimum atomic E-state index is -1.02. The summed E-state index contributed by atoms with van der Waals surface area (Å²) in [5.74, 6) is 2.42. The molecule has 0 rings (SSSR count). The van der Waals surface area contributed by atoms with Gasteiger partial charge in [-0.05, 0) is 45.1 Å². The zero-order valence-corrected chi connectivity index (χ0v) is 18.9. The van der Waals surface area contributed by atoms with Gasteiger partial charge in [0, 0.05) is 17.4 Å². The highest BCUT2D eigenvalue weighted by Crippen LogP contribution is 2.40. The average Bonchev–Trinajstić information content (AvgIpc) is 2.55. The number of nitrogens with one attached hydrogen (secondary N) is 3. The summed E-state index contributed by atoms with van der Waals surface area (Å²) in [6.07, 6.45) is 1.26. The molecule has 0 aromatic heterocycles. The van der Waals surface area contributed by atoms with Crippen molar-refractivity contribution < 1.29 is 24.6 Å². The first-order valence-corrected chi connectivity index (χ1v) is 10.0. The predicted octanol–water partition coefficient (Wildman–Crippen LogP) is 1.68. The van der Waals surface area contributed by atoms with Crippen LogP contribution in [0, 0.1) is 16.7 Å². The molecule has 0 aliphatic rings. The fraction of sp³-hybridized carbons (Fsp3) is 0.850. The fourth-order valence-electron chi connectivity index (χ4n) is 3.00. The van der Waals surface area contributed by atoms with Crippen molar-refractivity contribution in [1.29, 1.82) is 0 Å². The molecule has 2 unspecified atom stereocenters. The van der Waals surface area contributed by atoms with Crippen molar-refractivity contribution in [1.82, 2.24) is 16.3 Å². The van der Waals surface area contributed by atoms with Crippen LogP contribution < -0.4 is 22.1 Å². The maximum Gasteiger partial charge on any atom is 0.322 e. The van der Waals surface area contributed by atoms with E-state index in [-0.39, 0.29) is 24.0 Å². The number of aliphatic carboxylic acids is 2. The van der Waals surface area contributed by atoms with Crippen LogP contribution in [0.25, 0.3) is 0 Å². The maximum atomic E-state index is 12.7. The Morgan fingerprint density at radius 2 is 1.48 bits per heavy atom. The van der Waals surface area contributed by atoms with Crippen molar-refractivity contribution in [2.45, 2.75) is 85.7 Å². The summed E-state index contributed by atoms with van der Waals surface area (Å²) in [6.45, 7) is 13.8. The third-order valence-corrected chi connectivity index (χ3v) is 6.21. The third kappa shape index (κ3) is 8.38. The van der Waals surface area contributed by atoms with Crippen LogP contribution in [0.15, 0.2) is 0 Å². The van der Waals surface area contributed by atoms with Gasteiger partial charge in [-0.15, -0.1) is 0 Å². The summed E-state index contributed by atoms with van der Waals surface area (Å²) < 4.78 is 0. The lowest BCUT2D eigenvalue weighted by Gasteiger charge is -2.38. The van der Waals surface area contributed by atoms with Crippen LogP contribution in [0.2, 0.25) is 0 Å². The van der Waals surface area contributed by atoms with Gasteiger partial charge in [0.25, 0.3) is 0 Å². The van der Waals surface area contributed by atoms with Gasteiger partial charge < -0.3 is 15.5 Å². The molecule has 0 amide bonds. The second kappa shape index (κ2) is 11.0. The van der Waals surface area contributed by atoms with Crippen LogP contribution in [0.5, 0.6) is 0 Å². The lowest BCUT2D eigenvalue weighted by Crippen LogP contribution is -2.51. The lowest BCUT2D eigenvalue weighted by atomic mass is 9.65. The smallest absolute Gasteiger partial charge is 0.322 e. The van der Waals surface area contributed by atoms with E-state index in [1.807, 2.05) is 34.6 Å². The highest BCUT2D eigenvalue weighted by atomic mass is 16.4. The Bertz CT molecular complexity index is 570. The number of Topliss-reactive ketones (excluding diaryl/α,β-unsaturated/α-hetero) is 1. The van der Waals surface area contributed by atoms with Gasteiger partial charge in [0.2, 0.25) is 0 Å².